The monoisotopic (exact) mass is 386 g/mol. The molecular weight excluding hydrogens is 364 g/mol. The van der Waals surface area contributed by atoms with Gasteiger partial charge in [-0.25, -0.2) is 4.79 Å². The van der Waals surface area contributed by atoms with Crippen LogP contribution in [0.3, 0.4) is 0 Å². The highest BCUT2D eigenvalue weighted by atomic mass is 16.7. The lowest BCUT2D eigenvalue weighted by Crippen LogP contribution is -2.32. The zero-order chi connectivity index (χ0) is 20.5. The van der Waals surface area contributed by atoms with E-state index in [1.165, 1.54) is 6.92 Å². The van der Waals surface area contributed by atoms with E-state index in [2.05, 4.69) is 16.6 Å². The van der Waals surface area contributed by atoms with Crippen LogP contribution in [0.15, 0.2) is 47.6 Å². The molecule has 0 amide bonds. The maximum atomic E-state index is 12.1. The third-order valence-corrected chi connectivity index (χ3v) is 5.20. The lowest BCUT2D eigenvalue weighted by molar-refractivity contribution is -0.140. The molecule has 0 unspecified atom stereocenters. The molecular formula is C24H22N2O3. The predicted molar refractivity (Wildman–Crippen MR) is 114 cm³/mol. The van der Waals surface area contributed by atoms with Crippen LogP contribution in [-0.2, 0) is 21.0 Å². The Balaban J connectivity index is 1.99. The molecule has 1 heterocycles. The molecule has 29 heavy (non-hydrogen) atoms. The van der Waals surface area contributed by atoms with Gasteiger partial charge in [0, 0.05) is 52.5 Å². The minimum absolute atomic E-state index is 0.103. The number of aromatic nitrogens is 1. The van der Waals surface area contributed by atoms with Gasteiger partial charge < -0.3 is 9.40 Å². The van der Waals surface area contributed by atoms with Crippen molar-refractivity contribution in [1.29, 1.82) is 0 Å². The molecule has 0 N–H and O–H groups in total. The molecule has 0 bridgehead atoms. The summed E-state index contributed by atoms with van der Waals surface area (Å²) in [6.07, 6.45) is 4.15. The number of oxime groups is 1. The first-order valence-electron chi connectivity index (χ1n) is 9.68. The van der Waals surface area contributed by atoms with Gasteiger partial charge in [-0.2, -0.15) is 0 Å². The van der Waals surface area contributed by atoms with Gasteiger partial charge in [-0.05, 0) is 37.6 Å². The number of hydrogen-bond donors (Lipinski definition) is 0. The fraction of sp³-hybridized carbons (Fsp3) is 0.208. The molecule has 5 nitrogen and oxygen atoms in total. The second-order valence-electron chi connectivity index (χ2n) is 7.13. The third-order valence-electron chi connectivity index (χ3n) is 5.20. The minimum atomic E-state index is -0.472. The number of rotatable bonds is 4. The van der Waals surface area contributed by atoms with Crippen molar-refractivity contribution < 1.29 is 14.4 Å². The summed E-state index contributed by atoms with van der Waals surface area (Å²) in [6.45, 7) is 6.24. The highest BCUT2D eigenvalue weighted by molar-refractivity contribution is 6.15. The normalized spacial score (nSPS) is 13.6. The molecule has 0 aliphatic heterocycles. The smallest absolute Gasteiger partial charge is 0.332 e. The molecule has 1 aliphatic carbocycles. The molecule has 2 aromatic carbocycles. The number of benzene rings is 2. The summed E-state index contributed by atoms with van der Waals surface area (Å²) in [5, 5.41) is 7.17. The number of Topliss-reactive ketones (excluding diaryl/α,β-unsaturated/α-hetero) is 1. The van der Waals surface area contributed by atoms with E-state index in [-0.39, 0.29) is 5.78 Å². The molecule has 4 rings (SSSR count). The first kappa shape index (κ1) is 18.9. The van der Waals surface area contributed by atoms with Crippen molar-refractivity contribution in [3.8, 4) is 0 Å². The lowest BCUT2D eigenvalue weighted by Gasteiger charge is -2.10. The Hall–Kier alpha value is -3.47. The zero-order valence-electron chi connectivity index (χ0n) is 16.7. The van der Waals surface area contributed by atoms with Crippen LogP contribution in [0.5, 0.6) is 0 Å². The lowest BCUT2D eigenvalue weighted by atomic mass is 9.97. The van der Waals surface area contributed by atoms with Crippen molar-refractivity contribution in [3.05, 3.63) is 69.7 Å². The molecule has 1 aliphatic rings. The van der Waals surface area contributed by atoms with Gasteiger partial charge in [0.25, 0.3) is 0 Å². The van der Waals surface area contributed by atoms with E-state index < -0.39 is 5.97 Å². The molecule has 0 atom stereocenters. The number of fused-ring (bicyclic) bond motifs is 3. The van der Waals surface area contributed by atoms with E-state index in [1.807, 2.05) is 55.5 Å². The number of nitrogens with zero attached hydrogens (tertiary/aromatic N) is 2. The fourth-order valence-electron chi connectivity index (χ4n) is 3.88. The van der Waals surface area contributed by atoms with E-state index in [0.29, 0.717) is 12.1 Å². The Labute approximate surface area is 168 Å². The second kappa shape index (κ2) is 7.51. The highest BCUT2D eigenvalue weighted by Crippen LogP contribution is 2.20. The zero-order valence-corrected chi connectivity index (χ0v) is 16.7. The molecule has 0 radical (unpaired) electrons. The van der Waals surface area contributed by atoms with Gasteiger partial charge in [-0.15, -0.1) is 0 Å². The van der Waals surface area contributed by atoms with E-state index in [0.717, 1.165) is 44.7 Å². The van der Waals surface area contributed by atoms with Gasteiger partial charge in [-0.3, -0.25) is 4.79 Å². The van der Waals surface area contributed by atoms with Crippen molar-refractivity contribution in [2.75, 3.05) is 0 Å². The molecule has 5 heteroatoms. The van der Waals surface area contributed by atoms with Crippen molar-refractivity contribution in [2.45, 2.75) is 33.7 Å². The van der Waals surface area contributed by atoms with E-state index >= 15 is 0 Å². The first-order valence-corrected chi connectivity index (χ1v) is 9.68. The van der Waals surface area contributed by atoms with Crippen LogP contribution in [0.1, 0.15) is 37.0 Å². The van der Waals surface area contributed by atoms with Crippen molar-refractivity contribution in [2.24, 2.45) is 5.16 Å². The summed E-state index contributed by atoms with van der Waals surface area (Å²) in [4.78, 5) is 28.5. The van der Waals surface area contributed by atoms with Crippen LogP contribution in [0.2, 0.25) is 0 Å². The maximum Gasteiger partial charge on any atom is 0.332 e. The van der Waals surface area contributed by atoms with Gasteiger partial charge in [0.1, 0.15) is 5.71 Å². The minimum Gasteiger partial charge on any atom is -0.341 e. The standard InChI is InChI=1S/C24H22N2O3/c1-4-26-22-11-9-17(13-20(22)21-14-18(28)10-12-23(21)26)24(25-29-16(3)27)19-8-6-5-7-15(19)2/h5-9,11-14H,4,10H2,1-3H3. The maximum absolute atomic E-state index is 12.1. The summed E-state index contributed by atoms with van der Waals surface area (Å²) in [5.74, 6) is -0.369. The predicted octanol–water partition coefficient (Wildman–Crippen LogP) is 2.82. The van der Waals surface area contributed by atoms with Gasteiger partial charge >= 0.3 is 5.97 Å². The van der Waals surface area contributed by atoms with Gasteiger partial charge in [-0.1, -0.05) is 41.6 Å². The van der Waals surface area contributed by atoms with Crippen LogP contribution in [0.4, 0.5) is 0 Å². The summed E-state index contributed by atoms with van der Waals surface area (Å²) < 4.78 is 2.22. The second-order valence-corrected chi connectivity index (χ2v) is 7.13. The fourth-order valence-corrected chi connectivity index (χ4v) is 3.88. The van der Waals surface area contributed by atoms with E-state index in [1.54, 1.807) is 6.08 Å². The molecule has 0 saturated carbocycles. The summed E-state index contributed by atoms with van der Waals surface area (Å²) >= 11 is 0. The number of carbonyl (C=O) groups excluding carboxylic acids is 2. The van der Waals surface area contributed by atoms with Crippen LogP contribution in [0.25, 0.3) is 23.1 Å². The molecule has 0 spiro atoms. The van der Waals surface area contributed by atoms with Crippen molar-refractivity contribution in [1.82, 2.24) is 4.57 Å². The average Bonchev–Trinajstić information content (AvgIpc) is 3.01. The van der Waals surface area contributed by atoms with Crippen LogP contribution in [0, 0.1) is 6.92 Å². The first-order chi connectivity index (χ1) is 14.0. The Morgan fingerprint density at radius 1 is 1.21 bits per heavy atom. The van der Waals surface area contributed by atoms with Crippen LogP contribution in [-0.4, -0.2) is 22.0 Å². The highest BCUT2D eigenvalue weighted by Gasteiger charge is 2.16. The van der Waals surface area contributed by atoms with Gasteiger partial charge in [0.2, 0.25) is 0 Å². The number of hydrogen-bond acceptors (Lipinski definition) is 4. The van der Waals surface area contributed by atoms with Gasteiger partial charge in [0.05, 0.1) is 0 Å². The number of aryl methyl sites for hydroxylation is 2. The van der Waals surface area contributed by atoms with Crippen LogP contribution >= 0.6 is 0 Å². The van der Waals surface area contributed by atoms with E-state index in [4.69, 9.17) is 4.84 Å². The van der Waals surface area contributed by atoms with Gasteiger partial charge in [0.15, 0.2) is 5.78 Å². The molecule has 0 fully saturated rings. The topological polar surface area (TPSA) is 60.7 Å². The SMILES string of the molecule is CCn1c2c(c3cc(C(=NOC(C)=O)c4ccccc4C)ccc31)=CC(=O)CC=2. The van der Waals surface area contributed by atoms with Crippen molar-refractivity contribution >= 4 is 40.5 Å². The molecule has 3 aromatic rings. The van der Waals surface area contributed by atoms with E-state index in [9.17, 15) is 9.59 Å². The third kappa shape index (κ3) is 3.40. The average molecular weight is 386 g/mol. The molecule has 0 saturated heterocycles. The summed E-state index contributed by atoms with van der Waals surface area (Å²) in [6, 6.07) is 13.9. The Morgan fingerprint density at radius 3 is 2.72 bits per heavy atom. The van der Waals surface area contributed by atoms with Crippen LogP contribution < -0.4 is 10.6 Å². The number of ketones is 1. The Bertz CT molecular complexity index is 1300. The quantitative estimate of drug-likeness (QED) is 0.394. The Morgan fingerprint density at radius 2 is 2.00 bits per heavy atom. The summed E-state index contributed by atoms with van der Waals surface area (Å²) in [5.41, 5.74) is 4.41. The molecule has 1 aromatic heterocycles. The summed E-state index contributed by atoms with van der Waals surface area (Å²) in [7, 11) is 0. The molecule has 146 valence electrons. The number of carbonyl (C=O) groups is 2. The van der Waals surface area contributed by atoms with Crippen molar-refractivity contribution in [3.63, 3.8) is 0 Å². The Kier molecular flexibility index (Phi) is 4.89. The largest absolute Gasteiger partial charge is 0.341 e.